The van der Waals surface area contributed by atoms with Gasteiger partial charge in [0.1, 0.15) is 0 Å². The first-order valence-corrected chi connectivity index (χ1v) is 8.52. The summed E-state index contributed by atoms with van der Waals surface area (Å²) in [6.45, 7) is 0. The highest BCUT2D eigenvalue weighted by Gasteiger charge is 1.97. The van der Waals surface area contributed by atoms with Gasteiger partial charge in [-0.05, 0) is 37.0 Å². The second-order valence-electron chi connectivity index (χ2n) is 5.70. The molecule has 0 radical (unpaired) electrons. The molecular weight excluding hydrogens is 284 g/mol. The Labute approximate surface area is 133 Å². The minimum atomic E-state index is -0.671. The summed E-state index contributed by atoms with van der Waals surface area (Å²) in [4.78, 5) is 10.3. The van der Waals surface area contributed by atoms with Crippen LogP contribution in [-0.4, -0.2) is 11.1 Å². The van der Waals surface area contributed by atoms with Gasteiger partial charge in [0.05, 0.1) is 0 Å². The topological polar surface area (TPSA) is 37.3 Å². The number of rotatable bonds is 12. The van der Waals surface area contributed by atoms with Crippen molar-refractivity contribution in [3.05, 3.63) is 34.9 Å². The molecule has 1 N–H and O–H groups in total. The predicted molar refractivity (Wildman–Crippen MR) is 89.0 cm³/mol. The Hall–Kier alpha value is -1.02. The summed E-state index contributed by atoms with van der Waals surface area (Å²) in [6.07, 6.45) is 12.2. The zero-order valence-electron chi connectivity index (χ0n) is 12.8. The fourth-order valence-electron chi connectivity index (χ4n) is 2.49. The molecule has 3 heteroatoms. The highest BCUT2D eigenvalue weighted by atomic mass is 35.5. The molecule has 0 spiro atoms. The molecule has 0 atom stereocenters. The molecule has 0 saturated heterocycles. The van der Waals surface area contributed by atoms with Gasteiger partial charge in [0.25, 0.3) is 0 Å². The molecule has 0 bridgehead atoms. The van der Waals surface area contributed by atoms with Gasteiger partial charge in [0.15, 0.2) is 0 Å². The Kier molecular flexibility index (Phi) is 9.98. The third kappa shape index (κ3) is 10.4. The molecule has 0 unspecified atom stereocenters. The van der Waals surface area contributed by atoms with Crippen LogP contribution in [0, 0.1) is 0 Å². The average Bonchev–Trinajstić information content (AvgIpc) is 2.46. The SMILES string of the molecule is O=C(O)CCCCCCCCCCCc1ccc(Cl)cc1. The molecule has 0 heterocycles. The minimum Gasteiger partial charge on any atom is -0.481 e. The summed E-state index contributed by atoms with van der Waals surface area (Å²) >= 11 is 5.86. The summed E-state index contributed by atoms with van der Waals surface area (Å²) < 4.78 is 0. The number of hydrogen-bond acceptors (Lipinski definition) is 1. The van der Waals surface area contributed by atoms with E-state index in [0.29, 0.717) is 6.42 Å². The molecular formula is C18H27ClO2. The minimum absolute atomic E-state index is 0.324. The lowest BCUT2D eigenvalue weighted by Crippen LogP contribution is -1.93. The third-order valence-electron chi connectivity index (χ3n) is 3.77. The summed E-state index contributed by atoms with van der Waals surface area (Å²) in [5.74, 6) is -0.671. The predicted octanol–water partition coefficient (Wildman–Crippen LogP) is 5.87. The Morgan fingerprint density at radius 1 is 0.810 bits per heavy atom. The van der Waals surface area contributed by atoms with E-state index >= 15 is 0 Å². The van der Waals surface area contributed by atoms with Crippen molar-refractivity contribution < 1.29 is 9.90 Å². The lowest BCUT2D eigenvalue weighted by molar-refractivity contribution is -0.137. The highest BCUT2D eigenvalue weighted by molar-refractivity contribution is 6.30. The maximum atomic E-state index is 10.3. The van der Waals surface area contributed by atoms with Gasteiger partial charge in [-0.15, -0.1) is 0 Å². The Morgan fingerprint density at radius 2 is 1.29 bits per heavy atom. The summed E-state index contributed by atoms with van der Waals surface area (Å²) in [7, 11) is 0. The normalized spacial score (nSPS) is 10.7. The van der Waals surface area contributed by atoms with Crippen LogP contribution < -0.4 is 0 Å². The van der Waals surface area contributed by atoms with Crippen molar-refractivity contribution in [2.24, 2.45) is 0 Å². The number of hydrogen-bond donors (Lipinski definition) is 1. The van der Waals surface area contributed by atoms with Crippen LogP contribution in [0.3, 0.4) is 0 Å². The van der Waals surface area contributed by atoms with Gasteiger partial charge >= 0.3 is 5.97 Å². The van der Waals surface area contributed by atoms with Gasteiger partial charge in [0, 0.05) is 11.4 Å². The van der Waals surface area contributed by atoms with E-state index in [1.54, 1.807) is 0 Å². The van der Waals surface area contributed by atoms with Crippen molar-refractivity contribution in [1.82, 2.24) is 0 Å². The maximum absolute atomic E-state index is 10.3. The standard InChI is InChI=1S/C18H27ClO2/c19-17-14-12-16(13-15-17)10-8-6-4-2-1-3-5-7-9-11-18(20)21/h12-15H,1-11H2,(H,20,21). The number of carboxylic acid groups (broad SMARTS) is 1. The number of aliphatic carboxylic acids is 1. The van der Waals surface area contributed by atoms with Gasteiger partial charge in [0.2, 0.25) is 0 Å². The number of benzene rings is 1. The number of carbonyl (C=O) groups is 1. The smallest absolute Gasteiger partial charge is 0.303 e. The third-order valence-corrected chi connectivity index (χ3v) is 4.02. The van der Waals surface area contributed by atoms with Crippen molar-refractivity contribution in [1.29, 1.82) is 0 Å². The van der Waals surface area contributed by atoms with Crippen molar-refractivity contribution in [3.8, 4) is 0 Å². The van der Waals surface area contributed by atoms with Crippen LogP contribution in [0.25, 0.3) is 0 Å². The molecule has 0 fully saturated rings. The Morgan fingerprint density at radius 3 is 1.81 bits per heavy atom. The summed E-state index contributed by atoms with van der Waals surface area (Å²) in [5.41, 5.74) is 1.37. The van der Waals surface area contributed by atoms with Gasteiger partial charge in [-0.3, -0.25) is 4.79 Å². The van der Waals surface area contributed by atoms with Crippen LogP contribution in [-0.2, 0) is 11.2 Å². The monoisotopic (exact) mass is 310 g/mol. The lowest BCUT2D eigenvalue weighted by atomic mass is 10.0. The molecule has 0 aliphatic carbocycles. The van der Waals surface area contributed by atoms with Gasteiger partial charge in [-0.1, -0.05) is 68.7 Å². The van der Waals surface area contributed by atoms with Crippen molar-refractivity contribution >= 4 is 17.6 Å². The second-order valence-corrected chi connectivity index (χ2v) is 6.14. The van der Waals surface area contributed by atoms with E-state index in [1.807, 2.05) is 12.1 Å². The van der Waals surface area contributed by atoms with Crippen LogP contribution in [0.5, 0.6) is 0 Å². The maximum Gasteiger partial charge on any atom is 0.303 e. The number of carboxylic acids is 1. The molecule has 1 rings (SSSR count). The van der Waals surface area contributed by atoms with Crippen molar-refractivity contribution in [2.45, 2.75) is 70.6 Å². The fourth-order valence-corrected chi connectivity index (χ4v) is 2.62. The molecule has 1 aromatic rings. The fraction of sp³-hybridized carbons (Fsp3) is 0.611. The second kappa shape index (κ2) is 11.6. The largest absolute Gasteiger partial charge is 0.481 e. The first-order valence-electron chi connectivity index (χ1n) is 8.15. The zero-order chi connectivity index (χ0) is 15.3. The molecule has 118 valence electrons. The molecule has 0 amide bonds. The van der Waals surface area contributed by atoms with Crippen LogP contribution >= 0.6 is 11.6 Å². The molecule has 2 nitrogen and oxygen atoms in total. The van der Waals surface area contributed by atoms with E-state index in [4.69, 9.17) is 16.7 Å². The van der Waals surface area contributed by atoms with Gasteiger partial charge < -0.3 is 5.11 Å². The molecule has 0 aliphatic heterocycles. The van der Waals surface area contributed by atoms with Gasteiger partial charge in [-0.2, -0.15) is 0 Å². The van der Waals surface area contributed by atoms with E-state index in [0.717, 1.165) is 24.3 Å². The first-order chi connectivity index (χ1) is 10.2. The highest BCUT2D eigenvalue weighted by Crippen LogP contribution is 2.14. The Balaban J connectivity index is 1.84. The van der Waals surface area contributed by atoms with Crippen molar-refractivity contribution in [2.75, 3.05) is 0 Å². The Bertz CT molecular complexity index is 387. The number of halogens is 1. The zero-order valence-corrected chi connectivity index (χ0v) is 13.6. The first kappa shape index (κ1) is 18.0. The van der Waals surface area contributed by atoms with Crippen molar-refractivity contribution in [3.63, 3.8) is 0 Å². The quantitative estimate of drug-likeness (QED) is 0.490. The van der Waals surface area contributed by atoms with E-state index in [9.17, 15) is 4.79 Å². The average molecular weight is 311 g/mol. The van der Waals surface area contributed by atoms with Crippen LogP contribution in [0.1, 0.15) is 69.8 Å². The van der Waals surface area contributed by atoms with E-state index in [1.165, 1.54) is 50.5 Å². The molecule has 0 aromatic heterocycles. The summed E-state index contributed by atoms with van der Waals surface area (Å²) in [6, 6.07) is 8.14. The number of aryl methyl sites for hydroxylation is 1. The molecule has 21 heavy (non-hydrogen) atoms. The van der Waals surface area contributed by atoms with Crippen LogP contribution in [0.15, 0.2) is 24.3 Å². The van der Waals surface area contributed by atoms with Crippen LogP contribution in [0.4, 0.5) is 0 Å². The molecule has 0 aliphatic rings. The van der Waals surface area contributed by atoms with E-state index in [2.05, 4.69) is 12.1 Å². The lowest BCUT2D eigenvalue weighted by Gasteiger charge is -2.03. The van der Waals surface area contributed by atoms with E-state index < -0.39 is 5.97 Å². The molecule has 1 aromatic carbocycles. The summed E-state index contributed by atoms with van der Waals surface area (Å²) in [5, 5.41) is 9.33. The number of unbranched alkanes of at least 4 members (excludes halogenated alkanes) is 8. The van der Waals surface area contributed by atoms with Crippen LogP contribution in [0.2, 0.25) is 5.02 Å². The van der Waals surface area contributed by atoms with E-state index in [-0.39, 0.29) is 0 Å². The van der Waals surface area contributed by atoms with Gasteiger partial charge in [-0.25, -0.2) is 0 Å². The molecule has 0 saturated carbocycles.